The van der Waals surface area contributed by atoms with E-state index in [2.05, 4.69) is 31.6 Å². The van der Waals surface area contributed by atoms with Crippen molar-refractivity contribution in [2.45, 2.75) is 100 Å². The maximum absolute atomic E-state index is 13.0. The Labute approximate surface area is 323 Å². The molecule has 294 valence electrons. The molecule has 55 heavy (non-hydrogen) atoms. The van der Waals surface area contributed by atoms with Crippen molar-refractivity contribution in [2.75, 3.05) is 11.9 Å². The number of allylic oxidation sites excluding steroid dienone is 1. The van der Waals surface area contributed by atoms with Gasteiger partial charge in [-0.2, -0.15) is 28.1 Å². The van der Waals surface area contributed by atoms with Crippen LogP contribution in [0.4, 0.5) is 19.1 Å². The molecule has 16 heteroatoms. The number of halogens is 4. The molecule has 2 aromatic carbocycles. The van der Waals surface area contributed by atoms with Crippen LogP contribution in [-0.2, 0) is 31.6 Å². The van der Waals surface area contributed by atoms with Crippen molar-refractivity contribution in [3.63, 3.8) is 0 Å². The number of nitrogens with one attached hydrogen (secondary N) is 2. The number of unbranched alkanes of at least 4 members (excludes halogenated alkanes) is 2. The van der Waals surface area contributed by atoms with Gasteiger partial charge in [-0.1, -0.05) is 66.9 Å². The molecule has 0 bridgehead atoms. The predicted octanol–water partition coefficient (Wildman–Crippen LogP) is 7.44. The van der Waals surface area contributed by atoms with Gasteiger partial charge in [-0.25, -0.2) is 8.42 Å². The number of Topliss-reactive ketones (excluding diaryl/α,β-unsaturated/α-hetero) is 2. The average Bonchev–Trinajstić information content (AvgIpc) is 4.02. The van der Waals surface area contributed by atoms with Crippen LogP contribution in [0, 0.1) is 11.3 Å². The van der Waals surface area contributed by atoms with Crippen LogP contribution in [0.2, 0.25) is 5.02 Å². The fourth-order valence-electron chi connectivity index (χ4n) is 6.88. The summed E-state index contributed by atoms with van der Waals surface area (Å²) in [6.07, 6.45) is 3.05. The molecule has 3 fully saturated rings. The summed E-state index contributed by atoms with van der Waals surface area (Å²) in [5.74, 6) is -0.825. The Morgan fingerprint density at radius 3 is 2.25 bits per heavy atom. The second-order valence-corrected chi connectivity index (χ2v) is 17.2. The number of nitrogens with zero attached hydrogens (tertiary/aromatic N) is 3. The first kappa shape index (κ1) is 40.3. The molecule has 0 saturated heterocycles. The van der Waals surface area contributed by atoms with Crippen LogP contribution >= 0.6 is 11.6 Å². The Hall–Kier alpha value is -4.37. The lowest BCUT2D eigenvalue weighted by atomic mass is 9.93. The Bertz CT molecular complexity index is 2020. The highest BCUT2D eigenvalue weighted by atomic mass is 35.5. The molecule has 3 aromatic rings. The van der Waals surface area contributed by atoms with E-state index >= 15 is 0 Å². The third-order valence-electron chi connectivity index (χ3n) is 10.6. The van der Waals surface area contributed by atoms with Crippen molar-refractivity contribution >= 4 is 45.0 Å². The van der Waals surface area contributed by atoms with Gasteiger partial charge in [0.15, 0.2) is 12.4 Å². The van der Waals surface area contributed by atoms with Gasteiger partial charge in [0.2, 0.25) is 21.9 Å². The molecule has 1 amide bonds. The number of rotatable bonds is 20. The first-order chi connectivity index (χ1) is 26.1. The molecule has 11 nitrogen and oxygen atoms in total. The molecule has 1 heterocycles. The van der Waals surface area contributed by atoms with Gasteiger partial charge in [0.05, 0.1) is 16.2 Å². The number of sulfonamides is 1. The standard InChI is InChI=1S/C39H43ClF3N5O6S/c1-2-27-22-37(27,34(51)48-55(52,53)31-8-6-9-31)23-30(49)7-4-3-5-10-32(50)26-13-11-25(12-14-26)21-33-44-35(46-36(45-33)54-24-39(41,42)43)47-38(19-20-38)28-15-17-29(40)18-16-28/h2,11-18,27,31H,1,3-10,19-24H2,(H,48,51)(H,44,45,46,47)/t27-,37-/m1/s1. The summed E-state index contributed by atoms with van der Waals surface area (Å²) in [6.45, 7) is 2.18. The lowest BCUT2D eigenvalue weighted by Crippen LogP contribution is -2.45. The van der Waals surface area contributed by atoms with Gasteiger partial charge >= 0.3 is 12.2 Å². The van der Waals surface area contributed by atoms with Gasteiger partial charge in [0.25, 0.3) is 0 Å². The number of amides is 1. The molecule has 1 aromatic heterocycles. The zero-order valence-electron chi connectivity index (χ0n) is 30.2. The van der Waals surface area contributed by atoms with E-state index in [9.17, 15) is 36.0 Å². The van der Waals surface area contributed by atoms with E-state index in [0.29, 0.717) is 54.7 Å². The highest BCUT2D eigenvalue weighted by Crippen LogP contribution is 2.56. The summed E-state index contributed by atoms with van der Waals surface area (Å²) in [6, 6.07) is 13.6. The zero-order valence-corrected chi connectivity index (χ0v) is 31.7. The molecule has 0 aliphatic heterocycles. The number of carbonyl (C=O) groups excluding carboxylic acids is 3. The number of aromatic nitrogens is 3. The minimum absolute atomic E-state index is 0.0462. The topological polar surface area (TPSA) is 157 Å². The highest BCUT2D eigenvalue weighted by molar-refractivity contribution is 7.90. The summed E-state index contributed by atoms with van der Waals surface area (Å²) in [5, 5.41) is 3.27. The first-order valence-electron chi connectivity index (χ1n) is 18.4. The van der Waals surface area contributed by atoms with Crippen molar-refractivity contribution in [1.29, 1.82) is 0 Å². The minimum Gasteiger partial charge on any atom is -0.454 e. The Balaban J connectivity index is 0.984. The van der Waals surface area contributed by atoms with E-state index in [1.165, 1.54) is 0 Å². The van der Waals surface area contributed by atoms with Crippen molar-refractivity contribution in [3.8, 4) is 6.01 Å². The second-order valence-electron chi connectivity index (χ2n) is 14.8. The molecule has 3 aliphatic carbocycles. The molecule has 3 saturated carbocycles. The molecular weight excluding hydrogens is 759 g/mol. The smallest absolute Gasteiger partial charge is 0.422 e. The number of hydrogen-bond acceptors (Lipinski definition) is 10. The van der Waals surface area contributed by atoms with Crippen LogP contribution in [0.5, 0.6) is 6.01 Å². The van der Waals surface area contributed by atoms with Crippen molar-refractivity contribution < 1.29 is 40.7 Å². The van der Waals surface area contributed by atoms with Crippen LogP contribution in [0.1, 0.15) is 104 Å². The van der Waals surface area contributed by atoms with Crippen LogP contribution in [0.3, 0.4) is 0 Å². The minimum atomic E-state index is -4.58. The van der Waals surface area contributed by atoms with E-state index in [0.717, 1.165) is 24.8 Å². The molecule has 2 N–H and O–H groups in total. The summed E-state index contributed by atoms with van der Waals surface area (Å²) >= 11 is 6.04. The largest absolute Gasteiger partial charge is 0.454 e. The van der Waals surface area contributed by atoms with E-state index in [-0.39, 0.29) is 54.9 Å². The number of anilines is 1. The lowest BCUT2D eigenvalue weighted by molar-refractivity contribution is -0.154. The fraction of sp³-hybridized carbons (Fsp3) is 0.487. The van der Waals surface area contributed by atoms with Gasteiger partial charge < -0.3 is 10.1 Å². The highest BCUT2D eigenvalue weighted by Gasteiger charge is 2.60. The number of ether oxygens (including phenoxy) is 1. The number of benzene rings is 2. The maximum atomic E-state index is 13.0. The van der Waals surface area contributed by atoms with E-state index in [4.69, 9.17) is 16.3 Å². The van der Waals surface area contributed by atoms with Crippen LogP contribution in [0.25, 0.3) is 0 Å². The first-order valence-corrected chi connectivity index (χ1v) is 20.3. The van der Waals surface area contributed by atoms with Gasteiger partial charge in [-0.3, -0.25) is 19.1 Å². The summed E-state index contributed by atoms with van der Waals surface area (Å²) in [7, 11) is -3.75. The summed E-state index contributed by atoms with van der Waals surface area (Å²) in [5.41, 5.74) is 0.585. The van der Waals surface area contributed by atoms with Crippen molar-refractivity contribution in [3.05, 3.63) is 88.7 Å². The predicted molar refractivity (Wildman–Crippen MR) is 199 cm³/mol. The normalized spacial score (nSPS) is 20.2. The van der Waals surface area contributed by atoms with Crippen LogP contribution in [-0.4, -0.2) is 58.9 Å². The van der Waals surface area contributed by atoms with Crippen LogP contribution < -0.4 is 14.8 Å². The van der Waals surface area contributed by atoms with Crippen molar-refractivity contribution in [1.82, 2.24) is 19.7 Å². The molecule has 2 atom stereocenters. The number of carbonyl (C=O) groups is 3. The zero-order chi connectivity index (χ0) is 39.4. The number of alkyl halides is 3. The van der Waals surface area contributed by atoms with Gasteiger partial charge in [-0.15, -0.1) is 6.58 Å². The van der Waals surface area contributed by atoms with E-state index < -0.39 is 50.9 Å². The lowest BCUT2D eigenvalue weighted by Gasteiger charge is -2.26. The number of ketones is 2. The molecule has 6 rings (SSSR count). The SMILES string of the molecule is C=C[C@@H]1C[C@]1(CC(=O)CCCCCC(=O)c1ccc(Cc2nc(NC3(c4ccc(Cl)cc4)CC3)nc(OCC(F)(F)F)n2)cc1)C(=O)NS(=O)(=O)C1CCC1. The molecule has 0 spiro atoms. The Morgan fingerprint density at radius 1 is 0.964 bits per heavy atom. The Kier molecular flexibility index (Phi) is 12.0. The van der Waals surface area contributed by atoms with E-state index in [1.54, 1.807) is 42.5 Å². The van der Waals surface area contributed by atoms with Gasteiger partial charge in [0.1, 0.15) is 11.6 Å². The van der Waals surface area contributed by atoms with Crippen LogP contribution in [0.15, 0.2) is 61.2 Å². The van der Waals surface area contributed by atoms with Crippen molar-refractivity contribution in [2.24, 2.45) is 11.3 Å². The third-order valence-corrected chi connectivity index (χ3v) is 12.7. The second kappa shape index (κ2) is 16.4. The summed E-state index contributed by atoms with van der Waals surface area (Å²) in [4.78, 5) is 51.5. The summed E-state index contributed by atoms with van der Waals surface area (Å²) < 4.78 is 71.0. The molecule has 0 radical (unpaired) electrons. The molecule has 3 aliphatic rings. The quantitative estimate of drug-likeness (QED) is 0.0669. The van der Waals surface area contributed by atoms with Gasteiger partial charge in [-0.05, 0) is 74.1 Å². The third kappa shape index (κ3) is 10.3. The number of hydrogen-bond donors (Lipinski definition) is 2. The monoisotopic (exact) mass is 801 g/mol. The maximum Gasteiger partial charge on any atom is 0.422 e. The Morgan fingerprint density at radius 2 is 1.65 bits per heavy atom. The average molecular weight is 802 g/mol. The van der Waals surface area contributed by atoms with E-state index in [1.807, 2.05) is 12.1 Å². The molecular formula is C39H43ClF3N5O6S. The molecule has 0 unspecified atom stereocenters. The van der Waals surface area contributed by atoms with Gasteiger partial charge in [0, 0.05) is 36.3 Å². The fourth-order valence-corrected chi connectivity index (χ4v) is 8.59.